The molecule has 110 valence electrons. The van der Waals surface area contributed by atoms with Crippen LogP contribution in [0.1, 0.15) is 63.1 Å². The van der Waals surface area contributed by atoms with Gasteiger partial charge in [-0.2, -0.15) is 0 Å². The lowest BCUT2D eigenvalue weighted by Crippen LogP contribution is -2.23. The molecule has 1 atom stereocenters. The summed E-state index contributed by atoms with van der Waals surface area (Å²) in [6.07, 6.45) is 7.93. The molecule has 1 aromatic carbocycles. The minimum absolute atomic E-state index is 0.440. The number of hydrogen-bond acceptors (Lipinski definition) is 2. The van der Waals surface area contributed by atoms with E-state index in [0.29, 0.717) is 12.1 Å². The van der Waals surface area contributed by atoms with Crippen LogP contribution in [0.5, 0.6) is 5.75 Å². The lowest BCUT2D eigenvalue weighted by molar-refractivity contribution is 0.135. The molecule has 0 aliphatic heterocycles. The van der Waals surface area contributed by atoms with E-state index in [1.807, 2.05) is 0 Å². The highest BCUT2D eigenvalue weighted by Crippen LogP contribution is 2.34. The maximum atomic E-state index is 6.20. The molecule has 2 nitrogen and oxygen atoms in total. The van der Waals surface area contributed by atoms with Crippen molar-refractivity contribution in [1.82, 2.24) is 5.32 Å². The smallest absolute Gasteiger partial charge is 0.120 e. The predicted molar refractivity (Wildman–Crippen MR) is 83.2 cm³/mol. The monoisotopic (exact) mass is 273 g/mol. The van der Waals surface area contributed by atoms with Gasteiger partial charge in [0.05, 0.1) is 6.10 Å². The second-order valence-corrected chi connectivity index (χ2v) is 6.51. The second kappa shape index (κ2) is 6.17. The van der Waals surface area contributed by atoms with Crippen molar-refractivity contribution in [3.8, 4) is 5.75 Å². The van der Waals surface area contributed by atoms with Crippen LogP contribution in [0.3, 0.4) is 0 Å². The van der Waals surface area contributed by atoms with E-state index in [-0.39, 0.29) is 0 Å². The lowest BCUT2D eigenvalue weighted by atomic mass is 9.89. The summed E-state index contributed by atoms with van der Waals surface area (Å²) in [4.78, 5) is 0. The molecule has 20 heavy (non-hydrogen) atoms. The van der Waals surface area contributed by atoms with Gasteiger partial charge in [0.15, 0.2) is 0 Å². The second-order valence-electron chi connectivity index (χ2n) is 6.51. The Bertz CT molecular complexity index is 449. The van der Waals surface area contributed by atoms with Gasteiger partial charge in [-0.1, -0.05) is 19.9 Å². The quantitative estimate of drug-likeness (QED) is 0.886. The summed E-state index contributed by atoms with van der Waals surface area (Å²) in [6, 6.07) is 7.29. The third-order valence-corrected chi connectivity index (χ3v) is 4.91. The number of aryl methyl sites for hydroxylation is 1. The largest absolute Gasteiger partial charge is 0.490 e. The summed E-state index contributed by atoms with van der Waals surface area (Å²) in [7, 11) is 0. The van der Waals surface area contributed by atoms with Gasteiger partial charge in [0.25, 0.3) is 0 Å². The van der Waals surface area contributed by atoms with Crippen molar-refractivity contribution in [3.05, 3.63) is 29.3 Å². The molecule has 0 aromatic heterocycles. The standard InChI is InChI=1S/C18H27NO/c1-3-19-18-11-6-14-12-16(9-10-17(14)18)20-15-7-4-13(2)5-8-15/h9-10,12-13,15,18-19H,3-8,11H2,1-2H3. The van der Waals surface area contributed by atoms with Crippen LogP contribution in [-0.4, -0.2) is 12.6 Å². The van der Waals surface area contributed by atoms with Gasteiger partial charge >= 0.3 is 0 Å². The fourth-order valence-electron chi connectivity index (χ4n) is 3.67. The molecule has 2 aliphatic rings. The molecule has 0 spiro atoms. The molecule has 3 rings (SSSR count). The molecular formula is C18H27NO. The Morgan fingerprint density at radius 1 is 1.15 bits per heavy atom. The zero-order valence-corrected chi connectivity index (χ0v) is 12.8. The summed E-state index contributed by atoms with van der Waals surface area (Å²) in [5.74, 6) is 1.97. The maximum absolute atomic E-state index is 6.20. The Morgan fingerprint density at radius 2 is 1.95 bits per heavy atom. The number of fused-ring (bicyclic) bond motifs is 1. The van der Waals surface area contributed by atoms with Crippen molar-refractivity contribution >= 4 is 0 Å². The average Bonchev–Trinajstić information content (AvgIpc) is 2.85. The summed E-state index contributed by atoms with van der Waals surface area (Å²) >= 11 is 0. The maximum Gasteiger partial charge on any atom is 0.120 e. The first-order valence-electron chi connectivity index (χ1n) is 8.29. The first-order chi connectivity index (χ1) is 9.76. The molecule has 1 N–H and O–H groups in total. The van der Waals surface area contributed by atoms with E-state index in [1.54, 1.807) is 0 Å². The normalized spacial score (nSPS) is 29.2. The molecule has 2 aliphatic carbocycles. The van der Waals surface area contributed by atoms with Gasteiger partial charge in [0, 0.05) is 6.04 Å². The van der Waals surface area contributed by atoms with Gasteiger partial charge in [0.1, 0.15) is 5.75 Å². The molecule has 0 heterocycles. The number of rotatable bonds is 4. The summed E-state index contributed by atoms with van der Waals surface area (Å²) in [5.41, 5.74) is 2.97. The Labute approximate surface area is 122 Å². The van der Waals surface area contributed by atoms with Gasteiger partial charge in [-0.15, -0.1) is 0 Å². The van der Waals surface area contributed by atoms with E-state index in [9.17, 15) is 0 Å². The van der Waals surface area contributed by atoms with Crippen LogP contribution in [0, 0.1) is 5.92 Å². The van der Waals surface area contributed by atoms with Crippen LogP contribution in [0.2, 0.25) is 0 Å². The van der Waals surface area contributed by atoms with Crippen LogP contribution in [-0.2, 0) is 6.42 Å². The molecule has 0 radical (unpaired) electrons. The van der Waals surface area contributed by atoms with Crippen LogP contribution in [0.4, 0.5) is 0 Å². The van der Waals surface area contributed by atoms with Gasteiger partial charge in [-0.05, 0) is 74.2 Å². The fraction of sp³-hybridized carbons (Fsp3) is 0.667. The van der Waals surface area contributed by atoms with E-state index in [4.69, 9.17) is 4.74 Å². The molecular weight excluding hydrogens is 246 g/mol. The highest BCUT2D eigenvalue weighted by Gasteiger charge is 2.23. The Balaban J connectivity index is 1.64. The van der Waals surface area contributed by atoms with E-state index in [1.165, 1.54) is 49.7 Å². The van der Waals surface area contributed by atoms with Crippen molar-refractivity contribution in [2.45, 2.75) is 64.5 Å². The van der Waals surface area contributed by atoms with Gasteiger partial charge in [-0.3, -0.25) is 0 Å². The Kier molecular flexibility index (Phi) is 4.30. The minimum Gasteiger partial charge on any atom is -0.490 e. The number of nitrogens with one attached hydrogen (secondary N) is 1. The van der Waals surface area contributed by atoms with E-state index < -0.39 is 0 Å². The molecule has 1 saturated carbocycles. The predicted octanol–water partition coefficient (Wildman–Crippen LogP) is 4.24. The van der Waals surface area contributed by atoms with Crippen LogP contribution in [0.25, 0.3) is 0 Å². The topological polar surface area (TPSA) is 21.3 Å². The molecule has 1 fully saturated rings. The van der Waals surface area contributed by atoms with E-state index in [2.05, 4.69) is 37.4 Å². The van der Waals surface area contributed by atoms with Crippen LogP contribution < -0.4 is 10.1 Å². The summed E-state index contributed by atoms with van der Waals surface area (Å²) in [6.45, 7) is 5.58. The molecule has 0 amide bonds. The van der Waals surface area contributed by atoms with Gasteiger partial charge in [-0.25, -0.2) is 0 Å². The Morgan fingerprint density at radius 3 is 2.70 bits per heavy atom. The Hall–Kier alpha value is -1.02. The molecule has 0 saturated heterocycles. The van der Waals surface area contributed by atoms with Crippen molar-refractivity contribution in [1.29, 1.82) is 0 Å². The molecule has 0 bridgehead atoms. The van der Waals surface area contributed by atoms with E-state index in [0.717, 1.165) is 18.2 Å². The van der Waals surface area contributed by atoms with Crippen LogP contribution >= 0.6 is 0 Å². The zero-order valence-electron chi connectivity index (χ0n) is 12.8. The van der Waals surface area contributed by atoms with Crippen molar-refractivity contribution in [3.63, 3.8) is 0 Å². The molecule has 1 unspecified atom stereocenters. The van der Waals surface area contributed by atoms with Crippen molar-refractivity contribution in [2.75, 3.05) is 6.54 Å². The highest BCUT2D eigenvalue weighted by molar-refractivity contribution is 5.40. The lowest BCUT2D eigenvalue weighted by Gasteiger charge is -2.27. The third-order valence-electron chi connectivity index (χ3n) is 4.91. The zero-order chi connectivity index (χ0) is 13.9. The first kappa shape index (κ1) is 13.9. The molecule has 2 heteroatoms. The SMILES string of the molecule is CCNC1CCc2cc(OC3CCC(C)CC3)ccc21. The number of hydrogen-bond donors (Lipinski definition) is 1. The average molecular weight is 273 g/mol. The number of benzene rings is 1. The van der Waals surface area contributed by atoms with Crippen LogP contribution in [0.15, 0.2) is 18.2 Å². The fourth-order valence-corrected chi connectivity index (χ4v) is 3.67. The van der Waals surface area contributed by atoms with E-state index >= 15 is 0 Å². The van der Waals surface area contributed by atoms with Gasteiger partial charge in [0.2, 0.25) is 0 Å². The molecule has 1 aromatic rings. The highest BCUT2D eigenvalue weighted by atomic mass is 16.5. The first-order valence-corrected chi connectivity index (χ1v) is 8.29. The number of ether oxygens (including phenoxy) is 1. The third kappa shape index (κ3) is 3.01. The summed E-state index contributed by atoms with van der Waals surface area (Å²) in [5, 5.41) is 3.57. The van der Waals surface area contributed by atoms with Crippen molar-refractivity contribution < 1.29 is 4.74 Å². The summed E-state index contributed by atoms with van der Waals surface area (Å²) < 4.78 is 6.20. The van der Waals surface area contributed by atoms with Gasteiger partial charge < -0.3 is 10.1 Å². The van der Waals surface area contributed by atoms with Crippen molar-refractivity contribution in [2.24, 2.45) is 5.92 Å². The minimum atomic E-state index is 0.440.